The van der Waals surface area contributed by atoms with E-state index in [9.17, 15) is 4.79 Å². The smallest absolute Gasteiger partial charge is 0.283 e. The number of hydrogen-bond acceptors (Lipinski definition) is 5. The van der Waals surface area contributed by atoms with Crippen molar-refractivity contribution in [3.05, 3.63) is 89.2 Å². The van der Waals surface area contributed by atoms with E-state index in [0.29, 0.717) is 16.7 Å². The van der Waals surface area contributed by atoms with Gasteiger partial charge in [0.2, 0.25) is 5.17 Å². The van der Waals surface area contributed by atoms with Crippen LogP contribution in [0, 0.1) is 12.3 Å². The van der Waals surface area contributed by atoms with Gasteiger partial charge in [-0.2, -0.15) is 15.1 Å². The first-order valence-corrected chi connectivity index (χ1v) is 10.1. The molecular formula is C23H16N4O2S. The highest BCUT2D eigenvalue weighted by Crippen LogP contribution is 2.32. The first-order chi connectivity index (χ1) is 14.6. The summed E-state index contributed by atoms with van der Waals surface area (Å²) in [5.41, 5.74) is 3.12. The fraction of sp³-hybridized carbons (Fsp3) is 0.0435. The van der Waals surface area contributed by atoms with Gasteiger partial charge >= 0.3 is 0 Å². The normalized spacial score (nSPS) is 17.2. The molecule has 1 amide bonds. The van der Waals surface area contributed by atoms with Crippen LogP contribution in [0.5, 0.6) is 0 Å². The molecule has 3 aromatic rings. The van der Waals surface area contributed by atoms with Crippen molar-refractivity contribution in [2.75, 3.05) is 0 Å². The Morgan fingerprint density at radius 2 is 1.80 bits per heavy atom. The molecule has 0 spiro atoms. The highest BCUT2D eigenvalue weighted by atomic mass is 32.2. The zero-order valence-electron chi connectivity index (χ0n) is 16.0. The van der Waals surface area contributed by atoms with Gasteiger partial charge in [-0.05, 0) is 42.5 Å². The molecule has 7 heteroatoms. The van der Waals surface area contributed by atoms with E-state index < -0.39 is 5.91 Å². The molecule has 0 saturated carbocycles. The minimum absolute atomic E-state index is 0.0151. The maximum atomic E-state index is 12.6. The molecule has 1 N–H and O–H groups in total. The summed E-state index contributed by atoms with van der Waals surface area (Å²) in [6, 6.07) is 21.2. The lowest BCUT2D eigenvalue weighted by atomic mass is 10.1. The van der Waals surface area contributed by atoms with E-state index >= 15 is 0 Å². The van der Waals surface area contributed by atoms with Gasteiger partial charge in [0.05, 0.1) is 5.57 Å². The number of benzene rings is 2. The number of aryl methyl sites for hydroxylation is 1. The summed E-state index contributed by atoms with van der Waals surface area (Å²) < 4.78 is 5.85. The third kappa shape index (κ3) is 3.19. The number of hydrazone groups is 1. The molecule has 2 aliphatic rings. The third-order valence-electron chi connectivity index (χ3n) is 4.80. The summed E-state index contributed by atoms with van der Waals surface area (Å²) in [6.07, 6.45) is 1.54. The van der Waals surface area contributed by atoms with E-state index in [2.05, 4.69) is 10.1 Å². The van der Waals surface area contributed by atoms with Gasteiger partial charge in [0, 0.05) is 11.1 Å². The molecule has 3 heterocycles. The van der Waals surface area contributed by atoms with Gasteiger partial charge in [-0.15, -0.1) is 0 Å². The van der Waals surface area contributed by atoms with Gasteiger partial charge in [0.1, 0.15) is 16.6 Å². The van der Waals surface area contributed by atoms with Gasteiger partial charge in [-0.3, -0.25) is 10.2 Å². The Kier molecular flexibility index (Phi) is 4.44. The van der Waals surface area contributed by atoms with Crippen molar-refractivity contribution in [1.29, 1.82) is 5.41 Å². The van der Waals surface area contributed by atoms with Crippen LogP contribution in [0.2, 0.25) is 0 Å². The Morgan fingerprint density at radius 1 is 1.03 bits per heavy atom. The molecule has 0 radical (unpaired) electrons. The van der Waals surface area contributed by atoms with Gasteiger partial charge in [-0.25, -0.2) is 0 Å². The van der Waals surface area contributed by atoms with Gasteiger partial charge in [-0.1, -0.05) is 54.6 Å². The number of rotatable bonds is 3. The zero-order valence-corrected chi connectivity index (χ0v) is 16.8. The molecule has 146 valence electrons. The standard InChI is InChI=1S/C23H16N4O2S/c1-14-7-5-6-10-17(14)22-26-27-20(24)18(21(28)25-23(27)30-22)13-16-11-12-19(29-16)15-8-3-2-4-9-15/h2-13,24H,1H3/b18-13-,24-20?. The fourth-order valence-electron chi connectivity index (χ4n) is 3.24. The molecule has 30 heavy (non-hydrogen) atoms. The van der Waals surface area contributed by atoms with E-state index in [-0.39, 0.29) is 11.4 Å². The molecule has 2 aromatic carbocycles. The Hall–Kier alpha value is -3.71. The summed E-state index contributed by atoms with van der Waals surface area (Å²) in [7, 11) is 0. The summed E-state index contributed by atoms with van der Waals surface area (Å²) in [5.74, 6) is 0.685. The molecule has 0 saturated heterocycles. The number of aliphatic imine (C=N–C) groups is 1. The molecule has 1 aromatic heterocycles. The lowest BCUT2D eigenvalue weighted by Gasteiger charge is -2.19. The van der Waals surface area contributed by atoms with E-state index in [1.165, 1.54) is 16.8 Å². The molecule has 0 bridgehead atoms. The topological polar surface area (TPSA) is 82.0 Å². The SMILES string of the molecule is Cc1ccccc1C1=NN2C(=N)/C(=C/c3ccc(-c4ccccc4)o3)C(=O)N=C2S1. The second kappa shape index (κ2) is 7.27. The summed E-state index contributed by atoms with van der Waals surface area (Å²) in [5, 5.41) is 15.6. The van der Waals surface area contributed by atoms with Crippen molar-refractivity contribution in [2.24, 2.45) is 10.1 Å². The molecule has 0 fully saturated rings. The van der Waals surface area contributed by atoms with Crippen molar-refractivity contribution in [2.45, 2.75) is 6.92 Å². The van der Waals surface area contributed by atoms with E-state index in [4.69, 9.17) is 9.83 Å². The van der Waals surface area contributed by atoms with E-state index in [0.717, 1.165) is 21.7 Å². The Morgan fingerprint density at radius 3 is 2.60 bits per heavy atom. The predicted octanol–water partition coefficient (Wildman–Crippen LogP) is 4.92. The third-order valence-corrected chi connectivity index (χ3v) is 5.74. The molecule has 0 atom stereocenters. The first-order valence-electron chi connectivity index (χ1n) is 9.31. The number of fused-ring (bicyclic) bond motifs is 1. The quantitative estimate of drug-likeness (QED) is 0.619. The van der Waals surface area contributed by atoms with Crippen molar-refractivity contribution < 1.29 is 9.21 Å². The van der Waals surface area contributed by atoms with Crippen LogP contribution >= 0.6 is 11.8 Å². The van der Waals surface area contributed by atoms with Crippen molar-refractivity contribution >= 4 is 39.8 Å². The van der Waals surface area contributed by atoms with Crippen LogP contribution < -0.4 is 0 Å². The van der Waals surface area contributed by atoms with Crippen LogP contribution in [0.25, 0.3) is 17.4 Å². The number of thioether (sulfide) groups is 1. The lowest BCUT2D eigenvalue weighted by Crippen LogP contribution is -2.35. The molecule has 2 aliphatic heterocycles. The highest BCUT2D eigenvalue weighted by Gasteiger charge is 2.36. The molecule has 0 aliphatic carbocycles. The lowest BCUT2D eigenvalue weighted by molar-refractivity contribution is -0.114. The summed E-state index contributed by atoms with van der Waals surface area (Å²) in [4.78, 5) is 16.8. The van der Waals surface area contributed by atoms with Crippen LogP contribution in [0.4, 0.5) is 0 Å². The van der Waals surface area contributed by atoms with Crippen molar-refractivity contribution in [3.63, 3.8) is 0 Å². The van der Waals surface area contributed by atoms with Crippen LogP contribution in [0.1, 0.15) is 16.9 Å². The highest BCUT2D eigenvalue weighted by molar-refractivity contribution is 8.27. The number of nitrogens with one attached hydrogen (secondary N) is 1. The Labute approximate surface area is 177 Å². The van der Waals surface area contributed by atoms with Gasteiger partial charge in [0.25, 0.3) is 5.91 Å². The first kappa shape index (κ1) is 18.3. The number of furan rings is 1. The maximum absolute atomic E-state index is 12.6. The summed E-state index contributed by atoms with van der Waals surface area (Å²) >= 11 is 1.29. The minimum Gasteiger partial charge on any atom is -0.457 e. The molecule has 6 nitrogen and oxygen atoms in total. The maximum Gasteiger partial charge on any atom is 0.283 e. The zero-order chi connectivity index (χ0) is 20.7. The average molecular weight is 412 g/mol. The molecular weight excluding hydrogens is 396 g/mol. The second-order valence-electron chi connectivity index (χ2n) is 6.81. The fourth-order valence-corrected chi connectivity index (χ4v) is 4.23. The van der Waals surface area contributed by atoms with Gasteiger partial charge < -0.3 is 4.42 Å². The van der Waals surface area contributed by atoms with Crippen LogP contribution in [-0.2, 0) is 4.79 Å². The molecule has 0 unspecified atom stereocenters. The monoisotopic (exact) mass is 412 g/mol. The Balaban J connectivity index is 1.46. The molecule has 5 rings (SSSR count). The number of amides is 1. The average Bonchev–Trinajstić information content (AvgIpc) is 3.39. The largest absolute Gasteiger partial charge is 0.457 e. The second-order valence-corrected chi connectivity index (χ2v) is 7.76. The number of carbonyl (C=O) groups excluding carboxylic acids is 1. The Bertz CT molecular complexity index is 1270. The van der Waals surface area contributed by atoms with Crippen molar-refractivity contribution in [1.82, 2.24) is 5.01 Å². The van der Waals surface area contributed by atoms with E-state index in [1.807, 2.05) is 67.6 Å². The summed E-state index contributed by atoms with van der Waals surface area (Å²) in [6.45, 7) is 2.00. The van der Waals surface area contributed by atoms with E-state index in [1.54, 1.807) is 12.1 Å². The number of hydrogen-bond donors (Lipinski definition) is 1. The van der Waals surface area contributed by atoms with Crippen LogP contribution in [-0.4, -0.2) is 27.0 Å². The van der Waals surface area contributed by atoms with Crippen molar-refractivity contribution in [3.8, 4) is 11.3 Å². The minimum atomic E-state index is -0.474. The number of nitrogens with zero attached hydrogens (tertiary/aromatic N) is 3. The predicted molar refractivity (Wildman–Crippen MR) is 119 cm³/mol. The number of carbonyl (C=O) groups is 1. The van der Waals surface area contributed by atoms with Crippen LogP contribution in [0.3, 0.4) is 0 Å². The number of amidine groups is 2. The van der Waals surface area contributed by atoms with Crippen LogP contribution in [0.15, 0.2) is 86.8 Å². The van der Waals surface area contributed by atoms with Gasteiger partial charge in [0.15, 0.2) is 5.84 Å².